The average Bonchev–Trinajstić information content (AvgIpc) is 3.27. The van der Waals surface area contributed by atoms with Crippen LogP contribution < -0.4 is 0 Å². The molecular formula is C19H21N3O3. The molecule has 1 aliphatic carbocycles. The fourth-order valence-electron chi connectivity index (χ4n) is 4.33. The number of benzene rings is 1. The number of aryl methyl sites for hydroxylation is 1. The Morgan fingerprint density at radius 3 is 2.72 bits per heavy atom. The number of para-hydroxylation sites is 1. The topological polar surface area (TPSA) is 75.4 Å². The van der Waals surface area contributed by atoms with E-state index in [0.717, 1.165) is 24.1 Å². The Bertz CT molecular complexity index is 830. The van der Waals surface area contributed by atoms with Crippen LogP contribution in [-0.2, 0) is 4.79 Å². The number of fused-ring (bicyclic) bond motifs is 1. The first-order chi connectivity index (χ1) is 12.0. The van der Waals surface area contributed by atoms with E-state index >= 15 is 0 Å². The molecule has 2 fully saturated rings. The largest absolute Gasteiger partial charge is 0.481 e. The molecule has 1 saturated heterocycles. The fraction of sp³-hybridized carbons (Fsp3) is 0.421. The number of carboxylic acids is 1. The number of nitrogens with zero attached hydrogens (tertiary/aromatic N) is 3. The van der Waals surface area contributed by atoms with Crippen molar-refractivity contribution in [2.24, 2.45) is 11.3 Å². The van der Waals surface area contributed by atoms with Gasteiger partial charge in [-0.3, -0.25) is 9.59 Å². The Labute approximate surface area is 146 Å². The third-order valence-electron chi connectivity index (χ3n) is 5.70. The first kappa shape index (κ1) is 15.9. The van der Waals surface area contributed by atoms with Gasteiger partial charge < -0.3 is 10.0 Å². The molecule has 1 saturated carbocycles. The molecule has 2 aromatic rings. The van der Waals surface area contributed by atoms with E-state index in [0.29, 0.717) is 25.2 Å². The summed E-state index contributed by atoms with van der Waals surface area (Å²) in [5, 5.41) is 14.2. The minimum absolute atomic E-state index is 0.0606. The molecule has 0 radical (unpaired) electrons. The third-order valence-corrected chi connectivity index (χ3v) is 5.70. The molecule has 4 rings (SSSR count). The van der Waals surface area contributed by atoms with Crippen molar-refractivity contribution in [1.82, 2.24) is 14.7 Å². The fourth-order valence-corrected chi connectivity index (χ4v) is 4.33. The zero-order valence-electron chi connectivity index (χ0n) is 14.2. The minimum Gasteiger partial charge on any atom is -0.481 e. The normalized spacial score (nSPS) is 25.2. The van der Waals surface area contributed by atoms with Crippen molar-refractivity contribution in [2.45, 2.75) is 26.2 Å². The summed E-state index contributed by atoms with van der Waals surface area (Å²) in [6.07, 6.45) is 4.31. The number of amides is 1. The van der Waals surface area contributed by atoms with Gasteiger partial charge in [-0.15, -0.1) is 0 Å². The summed E-state index contributed by atoms with van der Waals surface area (Å²) in [6.45, 7) is 2.68. The minimum atomic E-state index is -0.767. The van der Waals surface area contributed by atoms with Crippen molar-refractivity contribution in [3.05, 3.63) is 47.8 Å². The number of hydrogen-bond acceptors (Lipinski definition) is 3. The number of aromatic nitrogens is 2. The van der Waals surface area contributed by atoms with Crippen molar-refractivity contribution in [3.8, 4) is 5.69 Å². The second kappa shape index (κ2) is 5.72. The van der Waals surface area contributed by atoms with Gasteiger partial charge in [0.1, 0.15) is 0 Å². The van der Waals surface area contributed by atoms with Gasteiger partial charge in [-0.1, -0.05) is 24.6 Å². The van der Waals surface area contributed by atoms with Gasteiger partial charge >= 0.3 is 5.97 Å². The predicted molar refractivity (Wildman–Crippen MR) is 91.6 cm³/mol. The number of carbonyl (C=O) groups excluding carboxylic acids is 1. The van der Waals surface area contributed by atoms with E-state index < -0.39 is 11.4 Å². The molecule has 1 N–H and O–H groups in total. The van der Waals surface area contributed by atoms with Crippen LogP contribution in [0.3, 0.4) is 0 Å². The Balaban J connectivity index is 1.60. The molecule has 1 amide bonds. The molecule has 0 unspecified atom stereocenters. The van der Waals surface area contributed by atoms with Crippen LogP contribution in [-0.4, -0.2) is 44.8 Å². The van der Waals surface area contributed by atoms with E-state index in [-0.39, 0.29) is 11.8 Å². The molecule has 1 aliphatic heterocycles. The van der Waals surface area contributed by atoms with Gasteiger partial charge in [-0.25, -0.2) is 4.68 Å². The number of rotatable bonds is 3. The number of aliphatic carboxylic acids is 1. The standard InChI is InChI=1S/C19H21N3O3/c1-13-10-22(15-7-3-2-4-8-15)20-16(13)17(23)21-11-14-6-5-9-19(14,12-21)18(24)25/h2-4,7-8,10,14H,5-6,9,11-12H2,1H3,(H,24,25)/t14-,19+/m0/s1. The Hall–Kier alpha value is -2.63. The molecule has 6 nitrogen and oxygen atoms in total. The SMILES string of the molecule is Cc1cn(-c2ccccc2)nc1C(=O)N1C[C@@H]2CCC[C@@]2(C(=O)O)C1. The Kier molecular flexibility index (Phi) is 3.63. The maximum absolute atomic E-state index is 13.0. The molecule has 6 heteroatoms. The van der Waals surface area contributed by atoms with Gasteiger partial charge in [-0.05, 0) is 37.8 Å². The molecule has 1 aromatic heterocycles. The lowest BCUT2D eigenvalue weighted by atomic mass is 9.81. The van der Waals surface area contributed by atoms with Crippen LogP contribution in [0, 0.1) is 18.3 Å². The van der Waals surface area contributed by atoms with E-state index in [9.17, 15) is 14.7 Å². The van der Waals surface area contributed by atoms with Crippen molar-refractivity contribution in [1.29, 1.82) is 0 Å². The van der Waals surface area contributed by atoms with Crippen LogP contribution in [0.25, 0.3) is 5.69 Å². The maximum Gasteiger partial charge on any atom is 0.311 e. The summed E-state index contributed by atoms with van der Waals surface area (Å²) in [7, 11) is 0. The van der Waals surface area contributed by atoms with E-state index in [1.165, 1.54) is 0 Å². The lowest BCUT2D eigenvalue weighted by molar-refractivity contribution is -0.149. The van der Waals surface area contributed by atoms with Crippen LogP contribution in [0.2, 0.25) is 0 Å². The molecule has 0 bridgehead atoms. The quantitative estimate of drug-likeness (QED) is 0.932. The second-order valence-electron chi connectivity index (χ2n) is 7.18. The van der Waals surface area contributed by atoms with Gasteiger partial charge in [0.2, 0.25) is 0 Å². The molecular weight excluding hydrogens is 318 g/mol. The summed E-state index contributed by atoms with van der Waals surface area (Å²) >= 11 is 0. The third kappa shape index (κ3) is 2.44. The van der Waals surface area contributed by atoms with E-state index in [1.54, 1.807) is 9.58 Å². The van der Waals surface area contributed by atoms with Crippen LogP contribution in [0.1, 0.15) is 35.3 Å². The number of carboxylic acid groups (broad SMARTS) is 1. The van der Waals surface area contributed by atoms with Crippen molar-refractivity contribution in [3.63, 3.8) is 0 Å². The van der Waals surface area contributed by atoms with Crippen molar-refractivity contribution in [2.75, 3.05) is 13.1 Å². The summed E-state index contributed by atoms with van der Waals surface area (Å²) in [4.78, 5) is 26.5. The molecule has 2 atom stereocenters. The molecule has 25 heavy (non-hydrogen) atoms. The van der Waals surface area contributed by atoms with Gasteiger partial charge in [-0.2, -0.15) is 5.10 Å². The molecule has 1 aromatic carbocycles. The van der Waals surface area contributed by atoms with E-state index in [4.69, 9.17) is 0 Å². The molecule has 0 spiro atoms. The van der Waals surface area contributed by atoms with Gasteiger partial charge in [0.25, 0.3) is 5.91 Å². The maximum atomic E-state index is 13.0. The summed E-state index contributed by atoms with van der Waals surface area (Å²) in [5.41, 5.74) is 1.34. The summed E-state index contributed by atoms with van der Waals surface area (Å²) in [5.74, 6) is -0.871. The smallest absolute Gasteiger partial charge is 0.311 e. The van der Waals surface area contributed by atoms with Crippen molar-refractivity contribution >= 4 is 11.9 Å². The number of carbonyl (C=O) groups is 2. The summed E-state index contributed by atoms with van der Waals surface area (Å²) < 4.78 is 1.70. The Morgan fingerprint density at radius 1 is 1.28 bits per heavy atom. The molecule has 2 heterocycles. The van der Waals surface area contributed by atoms with Crippen LogP contribution in [0.5, 0.6) is 0 Å². The van der Waals surface area contributed by atoms with Crippen LogP contribution in [0.15, 0.2) is 36.5 Å². The first-order valence-electron chi connectivity index (χ1n) is 8.65. The van der Waals surface area contributed by atoms with Gasteiger partial charge in [0.15, 0.2) is 5.69 Å². The van der Waals surface area contributed by atoms with Crippen LogP contribution >= 0.6 is 0 Å². The first-order valence-corrected chi connectivity index (χ1v) is 8.65. The molecule has 2 aliphatic rings. The zero-order valence-corrected chi connectivity index (χ0v) is 14.2. The number of hydrogen-bond donors (Lipinski definition) is 1. The lowest BCUT2D eigenvalue weighted by Crippen LogP contribution is -2.37. The zero-order chi connectivity index (χ0) is 17.6. The van der Waals surface area contributed by atoms with Gasteiger partial charge in [0.05, 0.1) is 11.1 Å². The molecule has 130 valence electrons. The highest BCUT2D eigenvalue weighted by Gasteiger charge is 2.56. The average molecular weight is 339 g/mol. The number of likely N-dealkylation sites (tertiary alicyclic amines) is 1. The lowest BCUT2D eigenvalue weighted by Gasteiger charge is -2.23. The predicted octanol–water partition coefficient (Wildman–Crippen LogP) is 2.51. The van der Waals surface area contributed by atoms with Gasteiger partial charge in [0, 0.05) is 24.8 Å². The van der Waals surface area contributed by atoms with E-state index in [2.05, 4.69) is 5.10 Å². The van der Waals surface area contributed by atoms with Crippen LogP contribution in [0.4, 0.5) is 0 Å². The highest BCUT2D eigenvalue weighted by Crippen LogP contribution is 2.49. The highest BCUT2D eigenvalue weighted by atomic mass is 16.4. The summed E-state index contributed by atoms with van der Waals surface area (Å²) in [6, 6.07) is 9.64. The monoisotopic (exact) mass is 339 g/mol. The second-order valence-corrected chi connectivity index (χ2v) is 7.18. The Morgan fingerprint density at radius 2 is 2.04 bits per heavy atom. The highest BCUT2D eigenvalue weighted by molar-refractivity contribution is 5.94. The van der Waals surface area contributed by atoms with E-state index in [1.807, 2.05) is 43.5 Å². The van der Waals surface area contributed by atoms with Crippen molar-refractivity contribution < 1.29 is 14.7 Å².